The van der Waals surface area contributed by atoms with Crippen molar-refractivity contribution in [1.29, 1.82) is 0 Å². The fourth-order valence-electron chi connectivity index (χ4n) is 5.09. The third kappa shape index (κ3) is 5.54. The molecule has 180 valence electrons. The average Bonchev–Trinajstić information content (AvgIpc) is 2.73. The van der Waals surface area contributed by atoms with Gasteiger partial charge >= 0.3 is 0 Å². The second-order valence-corrected chi connectivity index (χ2v) is 11.2. The van der Waals surface area contributed by atoms with E-state index in [0.29, 0.717) is 44.6 Å². The Kier molecular flexibility index (Phi) is 7.72. The summed E-state index contributed by atoms with van der Waals surface area (Å²) in [5, 5.41) is 0. The van der Waals surface area contributed by atoms with Gasteiger partial charge in [0.2, 0.25) is 15.9 Å². The number of alkyl halides is 2. The van der Waals surface area contributed by atoms with Crippen LogP contribution in [0.3, 0.4) is 0 Å². The molecule has 0 spiro atoms. The first-order valence-corrected chi connectivity index (χ1v) is 13.0. The maximum Gasteiger partial charge on any atom is 0.248 e. The summed E-state index contributed by atoms with van der Waals surface area (Å²) >= 11 is 0. The number of carbonyl (C=O) groups is 1. The Morgan fingerprint density at radius 3 is 2.25 bits per heavy atom. The molecule has 0 amide bonds. The molecule has 1 aliphatic carbocycles. The molecule has 0 unspecified atom stereocenters. The highest BCUT2D eigenvalue weighted by Gasteiger charge is 2.47. The van der Waals surface area contributed by atoms with E-state index in [1.54, 1.807) is 19.1 Å². The SMILES string of the molecule is CCCS(=O)(=O)N1CCN(C2(CCC(=O)c3c(C)cccc3F)CCC(F)(F)CC2)CC1. The van der Waals surface area contributed by atoms with Gasteiger partial charge in [-0.1, -0.05) is 19.1 Å². The number of ketones is 1. The van der Waals surface area contributed by atoms with Crippen molar-refractivity contribution in [3.8, 4) is 0 Å². The van der Waals surface area contributed by atoms with Crippen LogP contribution in [-0.2, 0) is 10.0 Å². The van der Waals surface area contributed by atoms with E-state index in [9.17, 15) is 26.4 Å². The Morgan fingerprint density at radius 1 is 1.06 bits per heavy atom. The van der Waals surface area contributed by atoms with Gasteiger partial charge in [-0.3, -0.25) is 9.69 Å². The predicted molar refractivity (Wildman–Crippen MR) is 118 cm³/mol. The van der Waals surface area contributed by atoms with Gasteiger partial charge in [0.05, 0.1) is 11.3 Å². The van der Waals surface area contributed by atoms with Crippen LogP contribution in [-0.4, -0.2) is 66.8 Å². The molecule has 2 fully saturated rings. The number of sulfonamides is 1. The molecule has 1 heterocycles. The van der Waals surface area contributed by atoms with Crippen LogP contribution in [0.1, 0.15) is 67.8 Å². The molecule has 3 rings (SSSR count). The van der Waals surface area contributed by atoms with Crippen LogP contribution in [0.15, 0.2) is 18.2 Å². The molecule has 0 radical (unpaired) electrons. The van der Waals surface area contributed by atoms with Gasteiger partial charge < -0.3 is 0 Å². The highest BCUT2D eigenvalue weighted by molar-refractivity contribution is 7.89. The van der Waals surface area contributed by atoms with Gasteiger partial charge in [0.25, 0.3) is 0 Å². The number of carbonyl (C=O) groups excluding carboxylic acids is 1. The van der Waals surface area contributed by atoms with Gasteiger partial charge in [-0.15, -0.1) is 0 Å². The zero-order valence-electron chi connectivity index (χ0n) is 18.9. The van der Waals surface area contributed by atoms with E-state index in [-0.39, 0.29) is 49.2 Å². The molecule has 1 aliphatic heterocycles. The third-order valence-corrected chi connectivity index (χ3v) is 9.07. The van der Waals surface area contributed by atoms with E-state index < -0.39 is 27.3 Å². The quantitative estimate of drug-likeness (QED) is 0.524. The van der Waals surface area contributed by atoms with E-state index in [0.717, 1.165) is 0 Å². The van der Waals surface area contributed by atoms with Gasteiger partial charge in [-0.2, -0.15) is 4.31 Å². The highest BCUT2D eigenvalue weighted by atomic mass is 32.2. The van der Waals surface area contributed by atoms with Gasteiger partial charge in [-0.05, 0) is 44.2 Å². The average molecular weight is 475 g/mol. The van der Waals surface area contributed by atoms with Crippen molar-refractivity contribution >= 4 is 15.8 Å². The van der Waals surface area contributed by atoms with Crippen LogP contribution in [0.2, 0.25) is 0 Å². The minimum absolute atomic E-state index is 0.0688. The monoisotopic (exact) mass is 474 g/mol. The van der Waals surface area contributed by atoms with Crippen molar-refractivity contribution in [2.75, 3.05) is 31.9 Å². The van der Waals surface area contributed by atoms with E-state index in [1.165, 1.54) is 10.4 Å². The highest BCUT2D eigenvalue weighted by Crippen LogP contribution is 2.44. The Balaban J connectivity index is 1.74. The standard InChI is InChI=1S/C23H33F3N2O3S/c1-3-17-32(30,31)28-15-13-27(14-16-28)22(9-11-23(25,26)12-10-22)8-7-20(29)21-18(2)5-4-6-19(21)24/h4-6H,3,7-17H2,1-2H3. The summed E-state index contributed by atoms with van der Waals surface area (Å²) in [5.74, 6) is -3.50. The first kappa shape index (κ1) is 25.2. The molecule has 5 nitrogen and oxygen atoms in total. The maximum absolute atomic E-state index is 14.2. The molecule has 1 aromatic rings. The summed E-state index contributed by atoms with van der Waals surface area (Å²) in [6.45, 7) is 5.03. The largest absolute Gasteiger partial charge is 0.295 e. The first-order chi connectivity index (χ1) is 15.0. The number of piperazine rings is 1. The van der Waals surface area contributed by atoms with Crippen molar-refractivity contribution < 1.29 is 26.4 Å². The lowest BCUT2D eigenvalue weighted by Crippen LogP contribution is -2.60. The minimum atomic E-state index is -3.31. The lowest BCUT2D eigenvalue weighted by Gasteiger charge is -2.51. The zero-order valence-corrected chi connectivity index (χ0v) is 19.7. The van der Waals surface area contributed by atoms with E-state index in [2.05, 4.69) is 4.90 Å². The van der Waals surface area contributed by atoms with Crippen molar-refractivity contribution in [2.24, 2.45) is 0 Å². The first-order valence-electron chi connectivity index (χ1n) is 11.4. The second-order valence-electron chi connectivity index (χ2n) is 9.14. The lowest BCUT2D eigenvalue weighted by atomic mass is 9.74. The molecule has 0 atom stereocenters. The fraction of sp³-hybridized carbons (Fsp3) is 0.696. The van der Waals surface area contributed by atoms with Gasteiger partial charge in [-0.25, -0.2) is 21.6 Å². The summed E-state index contributed by atoms with van der Waals surface area (Å²) in [5.41, 5.74) is 0.0325. The number of hydrogen-bond acceptors (Lipinski definition) is 4. The summed E-state index contributed by atoms with van der Waals surface area (Å²) in [6, 6.07) is 4.49. The fourth-order valence-corrected chi connectivity index (χ4v) is 6.58. The number of halogens is 3. The summed E-state index contributed by atoms with van der Waals surface area (Å²) < 4.78 is 68.4. The Morgan fingerprint density at radius 2 is 1.69 bits per heavy atom. The zero-order chi connectivity index (χ0) is 23.6. The molecule has 1 aromatic carbocycles. The van der Waals surface area contributed by atoms with Crippen LogP contribution in [0.4, 0.5) is 13.2 Å². The van der Waals surface area contributed by atoms with Crippen LogP contribution in [0.5, 0.6) is 0 Å². The van der Waals surface area contributed by atoms with Crippen LogP contribution < -0.4 is 0 Å². The molecule has 1 saturated carbocycles. The van der Waals surface area contributed by atoms with Gasteiger partial charge in [0.1, 0.15) is 5.82 Å². The van der Waals surface area contributed by atoms with E-state index in [1.807, 2.05) is 6.92 Å². The van der Waals surface area contributed by atoms with Crippen LogP contribution >= 0.6 is 0 Å². The smallest absolute Gasteiger partial charge is 0.248 e. The van der Waals surface area contributed by atoms with Crippen LogP contribution in [0, 0.1) is 12.7 Å². The maximum atomic E-state index is 14.2. The summed E-state index contributed by atoms with van der Waals surface area (Å²) in [6.07, 6.45) is 0.942. The second kappa shape index (κ2) is 9.81. The molecule has 0 N–H and O–H groups in total. The number of nitrogens with zero attached hydrogens (tertiary/aromatic N) is 2. The Bertz CT molecular complexity index is 898. The van der Waals surface area contributed by atoms with Crippen molar-refractivity contribution in [3.05, 3.63) is 35.1 Å². The predicted octanol–water partition coefficient (Wildman–Crippen LogP) is 4.40. The molecule has 2 aliphatic rings. The number of Topliss-reactive ketones (excluding diaryl/α,β-unsaturated/α-hetero) is 1. The normalized spacial score (nSPS) is 22.0. The molecule has 0 bridgehead atoms. The van der Waals surface area contributed by atoms with Crippen molar-refractivity contribution in [1.82, 2.24) is 9.21 Å². The molecule has 1 saturated heterocycles. The third-order valence-electron chi connectivity index (χ3n) is 7.00. The lowest BCUT2D eigenvalue weighted by molar-refractivity contribution is -0.0891. The number of hydrogen-bond donors (Lipinski definition) is 0. The van der Waals surface area contributed by atoms with Gasteiger partial charge in [0, 0.05) is 51.0 Å². The number of aryl methyl sites for hydroxylation is 1. The molecule has 0 aromatic heterocycles. The topological polar surface area (TPSA) is 57.7 Å². The molecule has 32 heavy (non-hydrogen) atoms. The van der Waals surface area contributed by atoms with Crippen molar-refractivity contribution in [2.45, 2.75) is 70.3 Å². The molecule has 9 heteroatoms. The number of benzene rings is 1. The van der Waals surface area contributed by atoms with E-state index in [4.69, 9.17) is 0 Å². The Hall–Kier alpha value is -1.45. The summed E-state index contributed by atoms with van der Waals surface area (Å²) in [7, 11) is -3.31. The van der Waals surface area contributed by atoms with Crippen molar-refractivity contribution in [3.63, 3.8) is 0 Å². The van der Waals surface area contributed by atoms with E-state index >= 15 is 0 Å². The minimum Gasteiger partial charge on any atom is -0.295 e. The molecular weight excluding hydrogens is 441 g/mol. The Labute approximate surface area is 189 Å². The summed E-state index contributed by atoms with van der Waals surface area (Å²) in [4.78, 5) is 14.9. The van der Waals surface area contributed by atoms with Gasteiger partial charge in [0.15, 0.2) is 5.78 Å². The molecular formula is C23H33F3N2O3S. The van der Waals surface area contributed by atoms with Crippen LogP contribution in [0.25, 0.3) is 0 Å². The number of rotatable bonds is 8.